The lowest BCUT2D eigenvalue weighted by atomic mass is 9.83. The van der Waals surface area contributed by atoms with Crippen LogP contribution in [-0.4, -0.2) is 170 Å². The van der Waals surface area contributed by atoms with Crippen LogP contribution in [0.25, 0.3) is 0 Å². The van der Waals surface area contributed by atoms with Gasteiger partial charge in [0.1, 0.15) is 46.8 Å². The van der Waals surface area contributed by atoms with Crippen molar-refractivity contribution in [2.75, 3.05) is 62.3 Å². The van der Waals surface area contributed by atoms with Crippen LogP contribution < -0.4 is 42.0 Å². The lowest BCUT2D eigenvalue weighted by molar-refractivity contribution is -0.158. The average molecular weight is 1330 g/mol. The van der Waals surface area contributed by atoms with Crippen LogP contribution in [-0.2, 0) is 49.3 Å². The second kappa shape index (κ2) is 31.9. The Labute approximate surface area is 514 Å². The first-order valence-corrected chi connectivity index (χ1v) is 30.9. The van der Waals surface area contributed by atoms with Gasteiger partial charge in [0.2, 0.25) is 17.7 Å². The van der Waals surface area contributed by atoms with Crippen molar-refractivity contribution in [3.63, 3.8) is 0 Å². The molecular formula is C59H85Br2ClN8O14. The van der Waals surface area contributed by atoms with Gasteiger partial charge < -0.3 is 70.3 Å². The number of epoxide rings is 1. The molecule has 7 amide bonds. The summed E-state index contributed by atoms with van der Waals surface area (Å²) in [6, 6.07) is 5.95. The molecule has 11 atom stereocenters. The zero-order valence-electron chi connectivity index (χ0n) is 49.9. The minimum atomic E-state index is -1.90. The Morgan fingerprint density at radius 3 is 2.32 bits per heavy atom. The normalized spacial score (nSPS) is 25.1. The number of carbonyl (C=O) groups is 7. The number of hydrogen-bond acceptors (Lipinski definition) is 15. The first-order valence-electron chi connectivity index (χ1n) is 28.3. The van der Waals surface area contributed by atoms with Gasteiger partial charge in [-0.3, -0.25) is 24.5 Å². The predicted octanol–water partition coefficient (Wildman–Crippen LogP) is 7.05. The molecule has 2 saturated heterocycles. The van der Waals surface area contributed by atoms with Gasteiger partial charge in [-0.05, 0) is 121 Å². The van der Waals surface area contributed by atoms with E-state index in [1.807, 2.05) is 33.8 Å². The van der Waals surface area contributed by atoms with Crippen LogP contribution in [0.4, 0.5) is 21.0 Å². The molecule has 0 radical (unpaired) electrons. The molecule has 4 bridgehead atoms. The van der Waals surface area contributed by atoms with Crippen molar-refractivity contribution < 1.29 is 67.1 Å². The molecule has 0 aliphatic carbocycles. The topological polar surface area (TPSA) is 291 Å². The molecule has 8 N–H and O–H groups in total. The number of carbonyl (C=O) groups excluding carboxylic acids is 7. The molecule has 1 unspecified atom stereocenters. The van der Waals surface area contributed by atoms with E-state index >= 15 is 0 Å². The third-order valence-electron chi connectivity index (χ3n) is 15.6. The highest BCUT2D eigenvalue weighted by Crippen LogP contribution is 2.49. The molecule has 2 fully saturated rings. The molecule has 25 heteroatoms. The Kier molecular flexibility index (Phi) is 26.3. The average Bonchev–Trinajstić information content (AvgIpc) is 1.88. The van der Waals surface area contributed by atoms with Gasteiger partial charge in [0.25, 0.3) is 5.91 Å². The summed E-state index contributed by atoms with van der Waals surface area (Å²) in [5.41, 5.74) is 4.48. The third-order valence-corrected chi connectivity index (χ3v) is 17.4. The fourth-order valence-corrected chi connectivity index (χ4v) is 12.0. The highest BCUT2D eigenvalue weighted by atomic mass is 79.9. The van der Waals surface area contributed by atoms with E-state index in [1.54, 1.807) is 45.2 Å². The second-order valence-corrected chi connectivity index (χ2v) is 24.1. The van der Waals surface area contributed by atoms with Crippen molar-refractivity contribution in [1.82, 2.24) is 26.2 Å². The zero-order valence-corrected chi connectivity index (χ0v) is 53.8. The summed E-state index contributed by atoms with van der Waals surface area (Å²) in [4.78, 5) is 97.7. The predicted molar refractivity (Wildman–Crippen MR) is 327 cm³/mol. The molecule has 0 spiro atoms. The van der Waals surface area contributed by atoms with E-state index in [0.29, 0.717) is 36.5 Å². The number of esters is 1. The van der Waals surface area contributed by atoms with Gasteiger partial charge >= 0.3 is 18.1 Å². The van der Waals surface area contributed by atoms with Crippen LogP contribution in [0.2, 0.25) is 5.02 Å². The fourth-order valence-electron chi connectivity index (χ4n) is 10.3. The molecule has 0 aromatic heterocycles. The molecule has 0 saturated carbocycles. The number of allylic oxidation sites excluding steroid dienone is 3. The number of primary amides is 1. The van der Waals surface area contributed by atoms with E-state index in [0.717, 1.165) is 41.1 Å². The number of rotatable bonds is 25. The lowest BCUT2D eigenvalue weighted by Gasteiger charge is -2.42. The summed E-state index contributed by atoms with van der Waals surface area (Å²) in [6.07, 6.45) is 3.39. The number of urea groups is 1. The number of hydrogen-bond donors (Lipinski definition) is 7. The number of methoxy groups -OCH3 is 2. The first kappa shape index (κ1) is 69.4. The van der Waals surface area contributed by atoms with Crippen molar-refractivity contribution in [3.8, 4) is 5.75 Å². The Hall–Kier alpha value is -5.34. The quantitative estimate of drug-likeness (QED) is 0.0227. The number of likely N-dealkylation sites (N-methyl/N-ethyl adjacent to an activating group) is 1. The van der Waals surface area contributed by atoms with Gasteiger partial charge in [0.15, 0.2) is 5.72 Å². The van der Waals surface area contributed by atoms with Gasteiger partial charge in [-0.25, -0.2) is 14.4 Å². The third kappa shape index (κ3) is 18.8. The molecule has 3 aliphatic heterocycles. The molecule has 3 aliphatic rings. The van der Waals surface area contributed by atoms with Crippen molar-refractivity contribution in [2.24, 2.45) is 17.6 Å². The minimum absolute atomic E-state index is 0.0708. The number of halogens is 3. The minimum Gasteiger partial charge on any atom is -0.495 e. The Balaban J connectivity index is 1.31. The number of ether oxygens (including phenoxy) is 6. The zero-order chi connectivity index (χ0) is 62.2. The number of benzene rings is 2. The standard InChI is InChI=1S/C59H85Br2ClN8O14/c1-33(2)50(64-24-13-12-17-35(4)81-41(31-60)32-61)53(73)67-42(18-15-25-65-56(63)76)52(72)66-40-22-20-39(21-23-40)54(74)69(8)37(6)55(75)83-47-29-48(71)70(9)43-27-38(28-44(79-10)49(43)62)26-34(3)16-14-19-46(80-11)59(78)30-45(82-57(77)68-59)36(5)51-58(47,7)84-51/h14,16,19-23,27-28,33,35-37,41-42,45-47,50-51,64,78H,12-13,15,17-18,24-26,29-32H2,1-11H3,(H,66,72)(H,67,73)(H,68,77)(H3,63,65,76)/b19-14+,34-16+/t35?,36-,37+,42+,45+,46-,47+,50+,51+,58+,59+/m1/s1. The molecular weight excluding hydrogens is 1240 g/mol. The fraction of sp³-hybridized carbons (Fsp3) is 0.610. The largest absolute Gasteiger partial charge is 0.495 e. The summed E-state index contributed by atoms with van der Waals surface area (Å²) < 4.78 is 35.6. The van der Waals surface area contributed by atoms with Crippen LogP contribution >= 0.6 is 43.5 Å². The van der Waals surface area contributed by atoms with Gasteiger partial charge in [0, 0.05) is 62.0 Å². The van der Waals surface area contributed by atoms with Crippen molar-refractivity contribution in [1.29, 1.82) is 0 Å². The number of aliphatic hydroxyl groups is 1. The monoisotopic (exact) mass is 1320 g/mol. The summed E-state index contributed by atoms with van der Waals surface area (Å²) in [5, 5.41) is 27.7. The number of unbranched alkanes of at least 4 members (excludes halogenated alkanes) is 1. The lowest BCUT2D eigenvalue weighted by Crippen LogP contribution is -2.63. The van der Waals surface area contributed by atoms with E-state index in [9.17, 15) is 38.7 Å². The number of nitrogens with zero attached hydrogens (tertiary/aromatic N) is 2. The van der Waals surface area contributed by atoms with Crippen LogP contribution in [0, 0.1) is 11.8 Å². The molecule has 2 aromatic carbocycles. The smallest absolute Gasteiger partial charge is 0.409 e. The summed E-state index contributed by atoms with van der Waals surface area (Å²) in [5.74, 6) is -3.26. The molecule has 84 heavy (non-hydrogen) atoms. The van der Waals surface area contributed by atoms with Crippen LogP contribution in [0.15, 0.2) is 60.2 Å². The number of alkyl carbamates (subject to hydrolysis) is 1. The van der Waals surface area contributed by atoms with E-state index in [-0.39, 0.29) is 54.0 Å². The van der Waals surface area contributed by atoms with Crippen LogP contribution in [0.1, 0.15) is 109 Å². The number of fused-ring (bicyclic) bond motifs is 5. The van der Waals surface area contributed by atoms with Gasteiger partial charge in [-0.2, -0.15) is 0 Å². The summed E-state index contributed by atoms with van der Waals surface area (Å²) >= 11 is 13.8. The van der Waals surface area contributed by atoms with Crippen molar-refractivity contribution in [2.45, 2.75) is 166 Å². The molecule has 3 heterocycles. The van der Waals surface area contributed by atoms with Crippen LogP contribution in [0.5, 0.6) is 5.75 Å². The van der Waals surface area contributed by atoms with E-state index in [1.165, 1.54) is 62.3 Å². The Morgan fingerprint density at radius 1 is 1.00 bits per heavy atom. The van der Waals surface area contributed by atoms with E-state index < -0.39 is 102 Å². The maximum Gasteiger partial charge on any atom is 0.409 e. The molecule has 2 aromatic rings. The first-order chi connectivity index (χ1) is 39.7. The van der Waals surface area contributed by atoms with Gasteiger partial charge in [0.05, 0.1) is 43.6 Å². The van der Waals surface area contributed by atoms with E-state index in [4.69, 9.17) is 45.8 Å². The van der Waals surface area contributed by atoms with Gasteiger partial charge in [-0.15, -0.1) is 0 Å². The summed E-state index contributed by atoms with van der Waals surface area (Å²) in [7, 11) is 5.84. The van der Waals surface area contributed by atoms with Crippen molar-refractivity contribution >= 4 is 96.6 Å². The number of amides is 7. The highest BCUT2D eigenvalue weighted by Gasteiger charge is 2.64. The number of nitrogens with two attached hydrogens (primary N) is 1. The number of alkyl halides is 2. The van der Waals surface area contributed by atoms with Gasteiger partial charge in [-0.1, -0.05) is 88.0 Å². The summed E-state index contributed by atoms with van der Waals surface area (Å²) in [6.45, 7) is 13.4. The second-order valence-electron chi connectivity index (χ2n) is 22.4. The molecule has 22 nitrogen and oxygen atoms in total. The number of nitrogens with one attached hydrogen (secondary N) is 5. The SMILES string of the molecule is COc1cc2cc(c1Cl)N(C)C(=O)C[C@H](OC(=O)[C@H](C)N(C)C(=O)c1ccc(NC(=O)[C@H](CCCNC(N)=O)NC(=O)[C@@H](NCCCCC(C)OC(CBr)CBr)C(C)C)cc1)[C@]1(C)O[C@H]1[C@H](C)[C@@H]1C[C@@](O)(NC(=O)O1)[C@H](OC)/C=C/C=C(\C)C2. The molecule has 466 valence electrons. The Bertz CT molecular complexity index is 2680. The maximum absolute atomic E-state index is 14.5. The number of anilines is 2. The van der Waals surface area contributed by atoms with Crippen LogP contribution in [0.3, 0.4) is 0 Å². The van der Waals surface area contributed by atoms with E-state index in [2.05, 4.69) is 58.4 Å². The maximum atomic E-state index is 14.5. The highest BCUT2D eigenvalue weighted by molar-refractivity contribution is 9.09. The van der Waals surface area contributed by atoms with Crippen molar-refractivity contribution in [3.05, 3.63) is 76.3 Å². The molecule has 5 rings (SSSR count). The Morgan fingerprint density at radius 2 is 1.69 bits per heavy atom.